The third kappa shape index (κ3) is 5.97. The molecule has 242 valence electrons. The van der Waals surface area contributed by atoms with Crippen LogP contribution < -0.4 is 10.6 Å². The maximum absolute atomic E-state index is 12.6. The van der Waals surface area contributed by atoms with Crippen molar-refractivity contribution in [2.75, 3.05) is 5.75 Å². The molecule has 1 fully saturated rings. The average Bonchev–Trinajstić information content (AvgIpc) is 3.33. The first-order valence-electron chi connectivity index (χ1n) is 15.5. The molecule has 2 amide bonds. The van der Waals surface area contributed by atoms with Gasteiger partial charge in [-0.15, -0.1) is 0 Å². The summed E-state index contributed by atoms with van der Waals surface area (Å²) in [5, 5.41) is 27.0. The number of amides is 2. The maximum atomic E-state index is 12.6. The van der Waals surface area contributed by atoms with Crippen LogP contribution in [-0.4, -0.2) is 67.6 Å². The summed E-state index contributed by atoms with van der Waals surface area (Å²) < 4.78 is 0. The van der Waals surface area contributed by atoms with Crippen LogP contribution in [0.15, 0.2) is 39.1 Å². The zero-order valence-corrected chi connectivity index (χ0v) is 27.3. The zero-order valence-electron chi connectivity index (χ0n) is 26.4. The number of hydroxylamine groups is 2. The van der Waals surface area contributed by atoms with Crippen LogP contribution >= 0.6 is 12.6 Å². The fourth-order valence-electron chi connectivity index (χ4n) is 7.13. The van der Waals surface area contributed by atoms with Crippen LogP contribution in [0.3, 0.4) is 0 Å². The molecule has 0 spiro atoms. The van der Waals surface area contributed by atoms with Gasteiger partial charge in [-0.3, -0.25) is 19.2 Å². The highest BCUT2D eigenvalue weighted by molar-refractivity contribution is 7.80. The number of nitrogens with one attached hydrogen (secondary N) is 3. The lowest BCUT2D eigenvalue weighted by atomic mass is 9.92. The molecule has 5 heterocycles. The van der Waals surface area contributed by atoms with Gasteiger partial charge in [-0.2, -0.15) is 12.6 Å². The summed E-state index contributed by atoms with van der Waals surface area (Å²) in [6.45, 7) is 9.65. The summed E-state index contributed by atoms with van der Waals surface area (Å²) in [5.74, 6) is -1.36. The van der Waals surface area contributed by atoms with Gasteiger partial charge < -0.3 is 25.8 Å². The molecule has 4 aliphatic heterocycles. The minimum Gasteiger partial charge on any atom is -0.481 e. The molecular formula is C33H42N4O7S. The molecule has 5 rings (SSSR count). The van der Waals surface area contributed by atoms with Gasteiger partial charge in [-0.1, -0.05) is 6.92 Å². The third-order valence-electron chi connectivity index (χ3n) is 9.83. The second-order valence-corrected chi connectivity index (χ2v) is 12.8. The Hall–Kier alpha value is -3.77. The van der Waals surface area contributed by atoms with Crippen molar-refractivity contribution in [3.8, 4) is 0 Å². The molecule has 0 aliphatic carbocycles. The highest BCUT2D eigenvalue weighted by Gasteiger charge is 2.64. The highest BCUT2D eigenvalue weighted by atomic mass is 32.1. The van der Waals surface area contributed by atoms with E-state index in [4.69, 9.17) is 4.84 Å². The summed E-state index contributed by atoms with van der Waals surface area (Å²) in [4.78, 5) is 58.1. The lowest BCUT2D eigenvalue weighted by molar-refractivity contribution is -0.138. The Kier molecular flexibility index (Phi) is 9.10. The fourth-order valence-corrected chi connectivity index (χ4v) is 7.37. The molecule has 0 unspecified atom stereocenters. The lowest BCUT2D eigenvalue weighted by Gasteiger charge is -2.16. The number of carbonyl (C=O) groups is 4. The average molecular weight is 639 g/mol. The number of thiol groups is 1. The van der Waals surface area contributed by atoms with Gasteiger partial charge in [0.25, 0.3) is 0 Å². The number of aromatic amines is 1. The quantitative estimate of drug-likeness (QED) is 0.131. The number of carbonyl (C=O) groups excluding carboxylic acids is 2. The Morgan fingerprint density at radius 2 is 1.64 bits per heavy atom. The number of hydrogen-bond donors (Lipinski definition) is 6. The first-order valence-corrected chi connectivity index (χ1v) is 16.1. The highest BCUT2D eigenvalue weighted by Crippen LogP contribution is 2.58. The van der Waals surface area contributed by atoms with Crippen LogP contribution in [0.2, 0.25) is 0 Å². The van der Waals surface area contributed by atoms with E-state index in [9.17, 15) is 29.4 Å². The first kappa shape index (κ1) is 32.6. The van der Waals surface area contributed by atoms with E-state index < -0.39 is 17.7 Å². The third-order valence-corrected chi connectivity index (χ3v) is 10.1. The molecule has 1 saturated heterocycles. The van der Waals surface area contributed by atoms with E-state index in [0.29, 0.717) is 49.9 Å². The van der Waals surface area contributed by atoms with Gasteiger partial charge in [0.2, 0.25) is 17.5 Å². The van der Waals surface area contributed by atoms with Crippen molar-refractivity contribution >= 4 is 42.5 Å². The van der Waals surface area contributed by atoms with Crippen molar-refractivity contribution in [3.63, 3.8) is 0 Å². The van der Waals surface area contributed by atoms with Crippen LogP contribution in [0.25, 0.3) is 6.08 Å². The number of nitrogens with zero attached hydrogens (tertiary/aromatic N) is 1. The summed E-state index contributed by atoms with van der Waals surface area (Å²) in [7, 11) is 0. The van der Waals surface area contributed by atoms with Gasteiger partial charge in [0.1, 0.15) is 0 Å². The van der Waals surface area contributed by atoms with Crippen molar-refractivity contribution in [1.29, 1.82) is 0 Å². The van der Waals surface area contributed by atoms with Crippen LogP contribution in [0.5, 0.6) is 0 Å². The monoisotopic (exact) mass is 638 g/mol. The number of hydrogen-bond acceptors (Lipinski definition) is 7. The molecule has 0 saturated carbocycles. The number of fused-ring (bicyclic) bond motifs is 1. The number of aliphatic carboxylic acids is 2. The van der Waals surface area contributed by atoms with Crippen molar-refractivity contribution in [3.05, 3.63) is 61.7 Å². The molecule has 3 atom stereocenters. The molecule has 11 nitrogen and oxygen atoms in total. The standard InChI is InChI=1S/C33H42N4O7S/c1-6-20-16(2)27(36-32(20)43)15-33-19(5)23(8-10-30(40)41)28(37(33)44-33)14-26-21(7-9-29(38)39)17(3)24(34-26)13-25-22(11-12-45)18(4)31(42)35-25/h14,25,27,34,45H,6-13,15H2,1-5H3,(H,35,42)(H,36,43)(H,38,39)(H,40,41)/b28-14-/t25-,27+,33+,37?/m0/s1. The Morgan fingerprint density at radius 3 is 2.27 bits per heavy atom. The smallest absolute Gasteiger partial charge is 0.303 e. The Labute approximate surface area is 268 Å². The predicted octanol–water partition coefficient (Wildman–Crippen LogP) is 4.11. The Morgan fingerprint density at radius 1 is 0.978 bits per heavy atom. The second kappa shape index (κ2) is 12.6. The molecule has 0 radical (unpaired) electrons. The molecule has 1 aromatic heterocycles. The molecule has 5 N–H and O–H groups in total. The first-order chi connectivity index (χ1) is 21.3. The van der Waals surface area contributed by atoms with Crippen LogP contribution in [0, 0.1) is 6.92 Å². The normalized spacial score (nSPS) is 25.1. The fraction of sp³-hybridized carbons (Fsp3) is 0.515. The SMILES string of the molecule is CCC1=C(C)[C@@H](C[C@]23ON2/C(=C\c2[nH]c(C[C@@H]4NC(=O)C(C)=C4CCS)c(C)c2CCC(=O)O)C(CCC(=O)O)=C3C)NC1=O. The number of aromatic nitrogens is 1. The van der Waals surface area contributed by atoms with Gasteiger partial charge in [-0.05, 0) is 98.6 Å². The van der Waals surface area contributed by atoms with E-state index >= 15 is 0 Å². The minimum atomic E-state index is -0.909. The molecule has 0 aromatic carbocycles. The van der Waals surface area contributed by atoms with Gasteiger partial charge in [0.15, 0.2) is 0 Å². The summed E-state index contributed by atoms with van der Waals surface area (Å²) >= 11 is 4.38. The molecule has 1 aromatic rings. The van der Waals surface area contributed by atoms with Crippen molar-refractivity contribution in [2.45, 2.75) is 104 Å². The van der Waals surface area contributed by atoms with Gasteiger partial charge in [0, 0.05) is 48.2 Å². The second-order valence-electron chi connectivity index (χ2n) is 12.3. The van der Waals surface area contributed by atoms with Crippen LogP contribution in [-0.2, 0) is 36.9 Å². The van der Waals surface area contributed by atoms with E-state index in [-0.39, 0.29) is 36.7 Å². The van der Waals surface area contributed by atoms with Crippen molar-refractivity contribution in [2.24, 2.45) is 0 Å². The predicted molar refractivity (Wildman–Crippen MR) is 171 cm³/mol. The molecule has 0 bridgehead atoms. The summed E-state index contributed by atoms with van der Waals surface area (Å²) in [6, 6.07) is -0.397. The van der Waals surface area contributed by atoms with Crippen molar-refractivity contribution in [1.82, 2.24) is 20.7 Å². The van der Waals surface area contributed by atoms with Gasteiger partial charge in [-0.25, -0.2) is 9.90 Å². The van der Waals surface area contributed by atoms with E-state index in [0.717, 1.165) is 56.1 Å². The lowest BCUT2D eigenvalue weighted by Crippen LogP contribution is -2.34. The summed E-state index contributed by atoms with van der Waals surface area (Å²) in [6.07, 6.45) is 4.71. The number of H-pyrrole nitrogens is 1. The maximum Gasteiger partial charge on any atom is 0.303 e. The van der Waals surface area contributed by atoms with Crippen LogP contribution in [0.1, 0.15) is 88.7 Å². The van der Waals surface area contributed by atoms with Gasteiger partial charge >= 0.3 is 11.9 Å². The van der Waals surface area contributed by atoms with E-state index in [2.05, 4.69) is 28.2 Å². The minimum absolute atomic E-state index is 0.0595. The molecule has 45 heavy (non-hydrogen) atoms. The largest absolute Gasteiger partial charge is 0.481 e. The van der Waals surface area contributed by atoms with E-state index in [1.54, 1.807) is 5.06 Å². The topological polar surface area (TPSA) is 164 Å². The summed E-state index contributed by atoms with van der Waals surface area (Å²) in [5.41, 5.74) is 8.60. The zero-order chi connectivity index (χ0) is 32.8. The number of allylic oxidation sites excluding steroid dienone is 1. The Bertz CT molecular complexity index is 1600. The van der Waals surface area contributed by atoms with Crippen LogP contribution in [0.4, 0.5) is 0 Å². The van der Waals surface area contributed by atoms with Gasteiger partial charge in [0.05, 0.1) is 17.8 Å². The van der Waals surface area contributed by atoms with E-state index in [1.165, 1.54) is 0 Å². The number of rotatable bonds is 14. The molecular weight excluding hydrogens is 596 g/mol. The number of carboxylic acids is 2. The molecule has 12 heteroatoms. The van der Waals surface area contributed by atoms with E-state index in [1.807, 2.05) is 40.7 Å². The van der Waals surface area contributed by atoms with Crippen molar-refractivity contribution < 1.29 is 34.2 Å². The Balaban J connectivity index is 1.52. The molecule has 4 aliphatic rings. The number of carboxylic acid groups (broad SMARTS) is 2.